The van der Waals surface area contributed by atoms with Crippen molar-refractivity contribution in [3.63, 3.8) is 0 Å². The summed E-state index contributed by atoms with van der Waals surface area (Å²) in [5.41, 5.74) is 8.14. The Bertz CT molecular complexity index is 1080. The van der Waals surface area contributed by atoms with E-state index in [1.165, 1.54) is 0 Å². The Kier molecular flexibility index (Phi) is 9.84. The van der Waals surface area contributed by atoms with Gasteiger partial charge in [-0.15, -0.1) is 0 Å². The monoisotopic (exact) mass is 488 g/mol. The molecule has 0 heterocycles. The highest BCUT2D eigenvalue weighted by atomic mass is 16.5. The van der Waals surface area contributed by atoms with E-state index in [0.717, 1.165) is 34.0 Å². The van der Waals surface area contributed by atoms with Crippen molar-refractivity contribution in [1.29, 1.82) is 0 Å². The second-order valence-corrected chi connectivity index (χ2v) is 7.42. The van der Waals surface area contributed by atoms with Crippen LogP contribution < -0.4 is 31.0 Å². The molecule has 2 amide bonds. The Morgan fingerprint density at radius 2 is 1.00 bits per heavy atom. The summed E-state index contributed by atoms with van der Waals surface area (Å²) < 4.78 is 10.2. The third kappa shape index (κ3) is 8.82. The van der Waals surface area contributed by atoms with Crippen molar-refractivity contribution in [2.24, 2.45) is 10.2 Å². The zero-order valence-corrected chi connectivity index (χ0v) is 20.0. The predicted octanol–water partition coefficient (Wildman–Crippen LogP) is 2.83. The van der Waals surface area contributed by atoms with Crippen LogP contribution in [0, 0.1) is 0 Å². The zero-order chi connectivity index (χ0) is 25.6. The van der Waals surface area contributed by atoms with Crippen LogP contribution in [0.3, 0.4) is 0 Å². The smallest absolute Gasteiger partial charge is 0.259 e. The first-order valence-corrected chi connectivity index (χ1v) is 11.1. The first-order chi connectivity index (χ1) is 17.6. The van der Waals surface area contributed by atoms with Crippen LogP contribution in [0.15, 0.2) is 83.0 Å². The van der Waals surface area contributed by atoms with Gasteiger partial charge in [0.15, 0.2) is 0 Å². The molecule has 4 N–H and O–H groups in total. The quantitative estimate of drug-likeness (QED) is 0.230. The van der Waals surface area contributed by atoms with Crippen molar-refractivity contribution in [1.82, 2.24) is 10.9 Å². The summed E-state index contributed by atoms with van der Waals surface area (Å²) in [5, 5.41) is 13.9. The molecule has 0 aliphatic rings. The van der Waals surface area contributed by atoms with Crippen LogP contribution in [0.4, 0.5) is 11.4 Å². The standard InChI is InChI=1S/C26H28N6O4/c1-35-23-11-7-21(8-12-23)27-17-25(33)31-29-15-19-3-5-20(6-4-19)16-30-32-26(34)18-28-22-9-13-24(36-2)14-10-22/h3-16,27-28H,17-18H2,1-2H3,(H,31,33)(H,32,34). The molecule has 3 aromatic rings. The second-order valence-electron chi connectivity index (χ2n) is 7.42. The Morgan fingerprint density at radius 3 is 1.33 bits per heavy atom. The lowest BCUT2D eigenvalue weighted by atomic mass is 10.2. The molecule has 186 valence electrons. The molecule has 3 aromatic carbocycles. The Hall–Kier alpha value is -4.86. The number of rotatable bonds is 12. The van der Waals surface area contributed by atoms with Crippen molar-refractivity contribution in [2.75, 3.05) is 37.9 Å². The van der Waals surface area contributed by atoms with Gasteiger partial charge in [-0.3, -0.25) is 9.59 Å². The molecule has 3 rings (SSSR count). The number of carbonyl (C=O) groups is 2. The summed E-state index contributed by atoms with van der Waals surface area (Å²) >= 11 is 0. The van der Waals surface area contributed by atoms with Crippen LogP contribution in [0.2, 0.25) is 0 Å². The SMILES string of the molecule is COc1ccc(NCC(=O)NN=Cc2ccc(C=NNC(=O)CNc3ccc(OC)cc3)cc2)cc1. The van der Waals surface area contributed by atoms with Crippen LogP contribution in [0.5, 0.6) is 11.5 Å². The lowest BCUT2D eigenvalue weighted by Crippen LogP contribution is -2.25. The molecule has 0 atom stereocenters. The molecular formula is C26H28N6O4. The minimum absolute atomic E-state index is 0.0837. The number of nitrogens with zero attached hydrogens (tertiary/aromatic N) is 2. The molecule has 0 fully saturated rings. The summed E-state index contributed by atoms with van der Waals surface area (Å²) in [5.74, 6) is 0.940. The van der Waals surface area contributed by atoms with E-state index in [1.54, 1.807) is 26.6 Å². The van der Waals surface area contributed by atoms with Crippen molar-refractivity contribution >= 4 is 35.6 Å². The van der Waals surface area contributed by atoms with E-state index in [1.807, 2.05) is 72.8 Å². The first kappa shape index (κ1) is 25.8. The van der Waals surface area contributed by atoms with E-state index in [-0.39, 0.29) is 24.9 Å². The molecule has 0 spiro atoms. The Labute approximate surface area is 209 Å². The van der Waals surface area contributed by atoms with Gasteiger partial charge in [0.05, 0.1) is 39.7 Å². The number of carbonyl (C=O) groups excluding carboxylic acids is 2. The fraction of sp³-hybridized carbons (Fsp3) is 0.154. The Morgan fingerprint density at radius 1 is 0.639 bits per heavy atom. The highest BCUT2D eigenvalue weighted by molar-refractivity contribution is 5.87. The van der Waals surface area contributed by atoms with Gasteiger partial charge in [0.25, 0.3) is 11.8 Å². The van der Waals surface area contributed by atoms with E-state index in [0.29, 0.717) is 0 Å². The van der Waals surface area contributed by atoms with Crippen molar-refractivity contribution in [3.8, 4) is 11.5 Å². The number of nitrogens with one attached hydrogen (secondary N) is 4. The molecular weight excluding hydrogens is 460 g/mol. The number of hydrogen-bond acceptors (Lipinski definition) is 8. The van der Waals surface area contributed by atoms with Crippen molar-refractivity contribution in [3.05, 3.63) is 83.9 Å². The normalized spacial score (nSPS) is 10.7. The van der Waals surface area contributed by atoms with E-state index >= 15 is 0 Å². The lowest BCUT2D eigenvalue weighted by Gasteiger charge is -2.06. The minimum atomic E-state index is -0.275. The van der Waals surface area contributed by atoms with Gasteiger partial charge >= 0.3 is 0 Å². The average Bonchev–Trinajstić information content (AvgIpc) is 2.92. The molecule has 0 saturated heterocycles. The zero-order valence-electron chi connectivity index (χ0n) is 20.0. The lowest BCUT2D eigenvalue weighted by molar-refractivity contribution is -0.120. The van der Waals surface area contributed by atoms with Gasteiger partial charge in [-0.1, -0.05) is 24.3 Å². The molecule has 10 nitrogen and oxygen atoms in total. The first-order valence-electron chi connectivity index (χ1n) is 11.1. The van der Waals surface area contributed by atoms with E-state index in [2.05, 4.69) is 31.7 Å². The van der Waals surface area contributed by atoms with Gasteiger partial charge in [0, 0.05) is 11.4 Å². The number of hydrazone groups is 2. The summed E-state index contributed by atoms with van der Waals surface area (Å²) in [6, 6.07) is 21.8. The summed E-state index contributed by atoms with van der Waals surface area (Å²) in [4.78, 5) is 23.9. The van der Waals surface area contributed by atoms with Crippen molar-refractivity contribution in [2.45, 2.75) is 0 Å². The van der Waals surface area contributed by atoms with Crippen LogP contribution >= 0.6 is 0 Å². The van der Waals surface area contributed by atoms with Crippen LogP contribution in [-0.4, -0.2) is 51.6 Å². The Balaban J connectivity index is 1.35. The maximum absolute atomic E-state index is 11.9. The molecule has 10 heteroatoms. The summed E-state index contributed by atoms with van der Waals surface area (Å²) in [7, 11) is 3.19. The van der Waals surface area contributed by atoms with Gasteiger partial charge in [-0.05, 0) is 59.7 Å². The van der Waals surface area contributed by atoms with Gasteiger partial charge in [-0.25, -0.2) is 10.9 Å². The molecule has 0 unspecified atom stereocenters. The number of methoxy groups -OCH3 is 2. The van der Waals surface area contributed by atoms with Gasteiger partial charge < -0.3 is 20.1 Å². The van der Waals surface area contributed by atoms with E-state index in [9.17, 15) is 9.59 Å². The summed E-state index contributed by atoms with van der Waals surface area (Å²) in [6.07, 6.45) is 3.08. The average molecular weight is 489 g/mol. The predicted molar refractivity (Wildman–Crippen MR) is 141 cm³/mol. The summed E-state index contributed by atoms with van der Waals surface area (Å²) in [6.45, 7) is 0.167. The highest BCUT2D eigenvalue weighted by Crippen LogP contribution is 2.15. The fourth-order valence-corrected chi connectivity index (χ4v) is 2.89. The molecule has 0 aliphatic heterocycles. The molecule has 0 aromatic heterocycles. The number of anilines is 2. The maximum Gasteiger partial charge on any atom is 0.259 e. The number of ether oxygens (including phenoxy) is 2. The molecule has 0 saturated carbocycles. The van der Waals surface area contributed by atoms with E-state index < -0.39 is 0 Å². The minimum Gasteiger partial charge on any atom is -0.497 e. The largest absolute Gasteiger partial charge is 0.497 e. The molecule has 0 bridgehead atoms. The van der Waals surface area contributed by atoms with Gasteiger partial charge in [0.2, 0.25) is 0 Å². The molecule has 36 heavy (non-hydrogen) atoms. The molecule has 0 aliphatic carbocycles. The third-order valence-electron chi connectivity index (χ3n) is 4.83. The number of hydrogen-bond donors (Lipinski definition) is 4. The number of benzene rings is 3. The number of amides is 2. The second kappa shape index (κ2) is 13.8. The van der Waals surface area contributed by atoms with Crippen molar-refractivity contribution < 1.29 is 19.1 Å². The van der Waals surface area contributed by atoms with Gasteiger partial charge in [0.1, 0.15) is 11.5 Å². The van der Waals surface area contributed by atoms with Crippen LogP contribution in [0.25, 0.3) is 0 Å². The molecule has 0 radical (unpaired) electrons. The fourth-order valence-electron chi connectivity index (χ4n) is 2.89. The topological polar surface area (TPSA) is 125 Å². The van der Waals surface area contributed by atoms with Crippen LogP contribution in [-0.2, 0) is 9.59 Å². The third-order valence-corrected chi connectivity index (χ3v) is 4.83. The van der Waals surface area contributed by atoms with Crippen LogP contribution in [0.1, 0.15) is 11.1 Å². The maximum atomic E-state index is 11.9. The van der Waals surface area contributed by atoms with E-state index in [4.69, 9.17) is 9.47 Å². The van der Waals surface area contributed by atoms with Gasteiger partial charge in [-0.2, -0.15) is 10.2 Å². The highest BCUT2D eigenvalue weighted by Gasteiger charge is 2.01.